The Hall–Kier alpha value is -2.08. The molecule has 2 rings (SSSR count). The summed E-state index contributed by atoms with van der Waals surface area (Å²) in [5, 5.41) is 0. The van der Waals surface area contributed by atoms with Crippen molar-refractivity contribution in [2.75, 3.05) is 0 Å². The molecule has 0 spiro atoms. The largest absolute Gasteiger partial charge is 0.417 e. The summed E-state index contributed by atoms with van der Waals surface area (Å²) in [6, 6.07) is 4.53. The number of hydrogen-bond acceptors (Lipinski definition) is 4. The predicted molar refractivity (Wildman–Crippen MR) is 48.5 cm³/mol. The van der Waals surface area contributed by atoms with Gasteiger partial charge in [0.15, 0.2) is 5.58 Å². The minimum Gasteiger partial charge on any atom is -0.408 e. The molecule has 1 aromatic heterocycles. The van der Waals surface area contributed by atoms with Gasteiger partial charge >= 0.3 is 5.76 Å². The van der Waals surface area contributed by atoms with Gasteiger partial charge in [0.1, 0.15) is 0 Å². The number of benzene rings is 1. The highest BCUT2D eigenvalue weighted by Gasteiger charge is 2.06. The lowest BCUT2D eigenvalue weighted by Gasteiger charge is -1.97. The second-order valence-electron chi connectivity index (χ2n) is 2.70. The Morgan fingerprint density at radius 3 is 3.00 bits per heavy atom. The second-order valence-corrected chi connectivity index (χ2v) is 2.70. The zero-order chi connectivity index (χ0) is 10.1. The molecule has 0 atom stereocenters. The molecule has 0 radical (unpaired) electrons. The minimum atomic E-state index is -0.551. The third-order valence-electron chi connectivity index (χ3n) is 1.81. The number of amides is 1. The fraction of sp³-hybridized carbons (Fsp3) is 0. The van der Waals surface area contributed by atoms with Crippen molar-refractivity contribution in [2.45, 2.75) is 0 Å². The summed E-state index contributed by atoms with van der Waals surface area (Å²) in [4.78, 5) is 24.3. The zero-order valence-electron chi connectivity index (χ0n) is 7.03. The molecule has 6 heteroatoms. The summed E-state index contributed by atoms with van der Waals surface area (Å²) in [6.45, 7) is 0. The van der Waals surface area contributed by atoms with Gasteiger partial charge in [0.05, 0.1) is 5.52 Å². The van der Waals surface area contributed by atoms with E-state index in [1.807, 2.05) is 5.43 Å². The Kier molecular flexibility index (Phi) is 1.83. The molecule has 0 aliphatic rings. The van der Waals surface area contributed by atoms with Crippen LogP contribution in [0.15, 0.2) is 27.4 Å². The van der Waals surface area contributed by atoms with Crippen molar-refractivity contribution in [3.8, 4) is 0 Å². The lowest BCUT2D eigenvalue weighted by molar-refractivity contribution is 0.0954. The van der Waals surface area contributed by atoms with Gasteiger partial charge in [-0.2, -0.15) is 0 Å². The third kappa shape index (κ3) is 1.27. The molecular weight excluding hydrogens is 186 g/mol. The first kappa shape index (κ1) is 8.52. The van der Waals surface area contributed by atoms with E-state index in [1.54, 1.807) is 0 Å². The topological polar surface area (TPSA) is 101 Å². The van der Waals surface area contributed by atoms with E-state index in [4.69, 9.17) is 10.3 Å². The molecule has 14 heavy (non-hydrogen) atoms. The van der Waals surface area contributed by atoms with Crippen molar-refractivity contribution in [3.63, 3.8) is 0 Å². The second kappa shape index (κ2) is 3.00. The van der Waals surface area contributed by atoms with E-state index in [2.05, 4.69) is 4.98 Å². The first-order valence-corrected chi connectivity index (χ1v) is 3.84. The summed E-state index contributed by atoms with van der Waals surface area (Å²) >= 11 is 0. The monoisotopic (exact) mass is 193 g/mol. The van der Waals surface area contributed by atoms with E-state index >= 15 is 0 Å². The standard InChI is InChI=1S/C8H7N3O3/c9-11-7(12)4-1-2-6-5(3-4)10-8(13)14-6/h1-3H,9H2,(H,10,13)(H,11,12). The summed E-state index contributed by atoms with van der Waals surface area (Å²) in [5.74, 6) is 3.99. The number of aromatic nitrogens is 1. The van der Waals surface area contributed by atoms with Crippen LogP contribution in [0.25, 0.3) is 11.1 Å². The lowest BCUT2D eigenvalue weighted by atomic mass is 10.2. The van der Waals surface area contributed by atoms with Crippen molar-refractivity contribution in [1.29, 1.82) is 0 Å². The van der Waals surface area contributed by atoms with E-state index in [9.17, 15) is 9.59 Å². The summed E-state index contributed by atoms with van der Waals surface area (Å²) in [6.07, 6.45) is 0. The minimum absolute atomic E-state index is 0.358. The smallest absolute Gasteiger partial charge is 0.408 e. The van der Waals surface area contributed by atoms with Crippen LogP contribution < -0.4 is 17.0 Å². The maximum Gasteiger partial charge on any atom is 0.417 e. The average molecular weight is 193 g/mol. The van der Waals surface area contributed by atoms with Gasteiger partial charge < -0.3 is 4.42 Å². The number of hydrazine groups is 1. The Labute approximate surface area is 77.7 Å². The van der Waals surface area contributed by atoms with Gasteiger partial charge in [0, 0.05) is 5.56 Å². The maximum atomic E-state index is 11.1. The number of H-pyrrole nitrogens is 1. The molecule has 0 bridgehead atoms. The highest BCUT2D eigenvalue weighted by atomic mass is 16.4. The maximum absolute atomic E-state index is 11.1. The number of nitrogens with one attached hydrogen (secondary N) is 2. The number of hydrogen-bond donors (Lipinski definition) is 3. The van der Waals surface area contributed by atoms with Crippen molar-refractivity contribution in [2.24, 2.45) is 5.84 Å². The normalized spacial score (nSPS) is 10.4. The molecule has 0 fully saturated rings. The molecular formula is C8H7N3O3. The van der Waals surface area contributed by atoms with Crippen LogP contribution in [-0.4, -0.2) is 10.9 Å². The van der Waals surface area contributed by atoms with Gasteiger partial charge in [0.25, 0.3) is 5.91 Å². The number of fused-ring (bicyclic) bond motifs is 1. The number of aromatic amines is 1. The van der Waals surface area contributed by atoms with Crippen LogP contribution in [0.2, 0.25) is 0 Å². The van der Waals surface area contributed by atoms with Crippen molar-refractivity contribution in [1.82, 2.24) is 10.4 Å². The zero-order valence-corrected chi connectivity index (χ0v) is 7.03. The summed E-state index contributed by atoms with van der Waals surface area (Å²) in [7, 11) is 0. The van der Waals surface area contributed by atoms with E-state index in [0.29, 0.717) is 16.7 Å². The molecule has 0 saturated carbocycles. The molecule has 4 N–H and O–H groups in total. The molecule has 0 aliphatic carbocycles. The molecule has 6 nitrogen and oxygen atoms in total. The van der Waals surface area contributed by atoms with Crippen LogP contribution in [0.3, 0.4) is 0 Å². The van der Waals surface area contributed by atoms with E-state index < -0.39 is 11.7 Å². The third-order valence-corrected chi connectivity index (χ3v) is 1.81. The molecule has 1 aromatic carbocycles. The molecule has 1 amide bonds. The summed E-state index contributed by atoms with van der Waals surface area (Å²) < 4.78 is 4.76. The Morgan fingerprint density at radius 1 is 1.50 bits per heavy atom. The van der Waals surface area contributed by atoms with Gasteiger partial charge in [0.2, 0.25) is 0 Å². The van der Waals surface area contributed by atoms with Crippen molar-refractivity contribution < 1.29 is 9.21 Å². The fourth-order valence-corrected chi connectivity index (χ4v) is 1.18. The molecule has 1 heterocycles. The SMILES string of the molecule is NNC(=O)c1ccc2oc(=O)[nH]c2c1. The molecule has 2 aromatic rings. The molecule has 0 unspecified atom stereocenters. The number of carbonyl (C=O) groups excluding carboxylic acids is 1. The summed E-state index contributed by atoms with van der Waals surface area (Å²) in [5.41, 5.74) is 3.22. The van der Waals surface area contributed by atoms with Gasteiger partial charge in [-0.3, -0.25) is 15.2 Å². The average Bonchev–Trinajstić information content (AvgIpc) is 2.55. The van der Waals surface area contributed by atoms with Gasteiger partial charge in [-0.05, 0) is 18.2 Å². The Balaban J connectivity index is 2.61. The van der Waals surface area contributed by atoms with Gasteiger partial charge in [-0.1, -0.05) is 0 Å². The number of nitrogens with two attached hydrogens (primary N) is 1. The highest BCUT2D eigenvalue weighted by molar-refractivity contribution is 5.96. The van der Waals surface area contributed by atoms with Crippen molar-refractivity contribution >= 4 is 17.0 Å². The Bertz CT molecular complexity index is 540. The van der Waals surface area contributed by atoms with Crippen LogP contribution in [0.4, 0.5) is 0 Å². The number of nitrogen functional groups attached to an aromatic ring is 1. The van der Waals surface area contributed by atoms with E-state index in [1.165, 1.54) is 18.2 Å². The molecule has 72 valence electrons. The predicted octanol–water partition coefficient (Wildman–Crippen LogP) is -0.275. The lowest BCUT2D eigenvalue weighted by Crippen LogP contribution is -2.29. The number of oxazole rings is 1. The Morgan fingerprint density at radius 2 is 2.29 bits per heavy atom. The van der Waals surface area contributed by atoms with Crippen LogP contribution >= 0.6 is 0 Å². The van der Waals surface area contributed by atoms with E-state index in [0.717, 1.165) is 0 Å². The number of rotatable bonds is 1. The van der Waals surface area contributed by atoms with Gasteiger partial charge in [-0.25, -0.2) is 10.6 Å². The van der Waals surface area contributed by atoms with Gasteiger partial charge in [-0.15, -0.1) is 0 Å². The van der Waals surface area contributed by atoms with E-state index in [-0.39, 0.29) is 0 Å². The fourth-order valence-electron chi connectivity index (χ4n) is 1.18. The van der Waals surface area contributed by atoms with Crippen LogP contribution in [0, 0.1) is 0 Å². The number of carbonyl (C=O) groups is 1. The molecule has 0 saturated heterocycles. The van der Waals surface area contributed by atoms with Crippen molar-refractivity contribution in [3.05, 3.63) is 34.3 Å². The first-order chi connectivity index (χ1) is 6.70. The van der Waals surface area contributed by atoms with Crippen LogP contribution in [-0.2, 0) is 0 Å². The molecule has 0 aliphatic heterocycles. The van der Waals surface area contributed by atoms with Crippen LogP contribution in [0.5, 0.6) is 0 Å². The quantitative estimate of drug-likeness (QED) is 0.329. The highest BCUT2D eigenvalue weighted by Crippen LogP contribution is 2.11. The van der Waals surface area contributed by atoms with Crippen LogP contribution in [0.1, 0.15) is 10.4 Å². The first-order valence-electron chi connectivity index (χ1n) is 3.84.